The Balaban J connectivity index is 2.19. The van der Waals surface area contributed by atoms with E-state index in [1.54, 1.807) is 48.5 Å². The zero-order chi connectivity index (χ0) is 16.8. The minimum absolute atomic E-state index is 0.212. The van der Waals surface area contributed by atoms with Crippen LogP contribution in [0.3, 0.4) is 0 Å². The Bertz CT molecular complexity index is 1090. The molecule has 0 aliphatic heterocycles. The van der Waals surface area contributed by atoms with Gasteiger partial charge < -0.3 is 0 Å². The molecule has 3 rings (SSSR count). The molecule has 5 nitrogen and oxygen atoms in total. The van der Waals surface area contributed by atoms with Crippen LogP contribution in [0.15, 0.2) is 64.5 Å². The molecule has 0 saturated heterocycles. The number of benzene rings is 2. The van der Waals surface area contributed by atoms with Crippen molar-refractivity contribution in [3.8, 4) is 0 Å². The Kier molecular flexibility index (Phi) is 3.57. The molecular formula is C16H16N2O3S2. The summed E-state index contributed by atoms with van der Waals surface area (Å²) in [5, 5.41) is 0.639. The van der Waals surface area contributed by atoms with Gasteiger partial charge in [0.2, 0.25) is 0 Å². The lowest BCUT2D eigenvalue weighted by atomic mass is 10.2. The van der Waals surface area contributed by atoms with Crippen LogP contribution in [0.5, 0.6) is 0 Å². The molecule has 7 heteroatoms. The highest BCUT2D eigenvalue weighted by Crippen LogP contribution is 2.25. The molecule has 3 aromatic rings. The molecule has 1 aromatic heterocycles. The number of nitrogens with zero attached hydrogens (tertiary/aromatic N) is 1. The fourth-order valence-electron chi connectivity index (χ4n) is 2.37. The first-order chi connectivity index (χ1) is 10.7. The highest BCUT2D eigenvalue weighted by atomic mass is 32.2. The third-order valence-corrected chi connectivity index (χ3v) is 6.51. The molecule has 0 fully saturated rings. The molecule has 0 aliphatic rings. The Morgan fingerprint density at radius 2 is 1.52 bits per heavy atom. The smallest absolute Gasteiger partial charge is 0.249 e. The number of hydrogen-bond donors (Lipinski definition) is 1. The lowest BCUT2D eigenvalue weighted by Gasteiger charge is -2.08. The van der Waals surface area contributed by atoms with Crippen molar-refractivity contribution in [1.29, 1.82) is 4.78 Å². The molecule has 120 valence electrons. The average Bonchev–Trinajstić information content (AvgIpc) is 2.90. The van der Waals surface area contributed by atoms with Crippen LogP contribution < -0.4 is 0 Å². The maximum Gasteiger partial charge on any atom is 0.268 e. The lowest BCUT2D eigenvalue weighted by molar-refractivity contribution is 0.589. The van der Waals surface area contributed by atoms with Crippen LogP contribution >= 0.6 is 0 Å². The first kappa shape index (κ1) is 15.8. The summed E-state index contributed by atoms with van der Waals surface area (Å²) in [4.78, 5) is 0.597. The molecule has 0 amide bonds. The number of aryl methyl sites for hydroxylation is 1. The summed E-state index contributed by atoms with van der Waals surface area (Å²) in [6.45, 7) is 1.89. The van der Waals surface area contributed by atoms with Gasteiger partial charge in [0.15, 0.2) is 0 Å². The third-order valence-electron chi connectivity index (χ3n) is 3.65. The van der Waals surface area contributed by atoms with E-state index in [4.69, 9.17) is 4.78 Å². The predicted molar refractivity (Wildman–Crippen MR) is 90.8 cm³/mol. The van der Waals surface area contributed by atoms with Gasteiger partial charge in [0, 0.05) is 22.7 Å². The average molecular weight is 348 g/mol. The summed E-state index contributed by atoms with van der Waals surface area (Å²) < 4.78 is 46.2. The topological polar surface area (TPSA) is 80.0 Å². The Labute approximate surface area is 135 Å². The van der Waals surface area contributed by atoms with Crippen LogP contribution in [0.2, 0.25) is 0 Å². The molecule has 0 bridgehead atoms. The van der Waals surface area contributed by atoms with Crippen molar-refractivity contribution in [2.24, 2.45) is 0 Å². The van der Waals surface area contributed by atoms with E-state index in [-0.39, 0.29) is 4.90 Å². The van der Waals surface area contributed by atoms with E-state index >= 15 is 0 Å². The van der Waals surface area contributed by atoms with Crippen molar-refractivity contribution in [2.75, 3.05) is 6.26 Å². The summed E-state index contributed by atoms with van der Waals surface area (Å²) in [6.07, 6.45) is 2.82. The fourth-order valence-corrected chi connectivity index (χ4v) is 4.40. The Morgan fingerprint density at radius 3 is 2.13 bits per heavy atom. The highest BCUT2D eigenvalue weighted by molar-refractivity contribution is 7.91. The van der Waals surface area contributed by atoms with E-state index in [1.165, 1.54) is 16.4 Å². The van der Waals surface area contributed by atoms with Crippen molar-refractivity contribution in [3.05, 3.63) is 60.3 Å². The van der Waals surface area contributed by atoms with Crippen LogP contribution in [0, 0.1) is 11.7 Å². The maximum atomic E-state index is 12.8. The molecule has 0 radical (unpaired) electrons. The number of hydrogen-bond acceptors (Lipinski definition) is 4. The van der Waals surface area contributed by atoms with Gasteiger partial charge in [-0.3, -0.25) is 0 Å². The summed E-state index contributed by atoms with van der Waals surface area (Å²) in [7, 11) is -6.52. The maximum absolute atomic E-state index is 12.8. The van der Waals surface area contributed by atoms with Crippen molar-refractivity contribution in [1.82, 2.24) is 3.97 Å². The van der Waals surface area contributed by atoms with Crippen molar-refractivity contribution < 1.29 is 12.6 Å². The van der Waals surface area contributed by atoms with Gasteiger partial charge in [-0.1, -0.05) is 17.7 Å². The van der Waals surface area contributed by atoms with Gasteiger partial charge in [-0.15, -0.1) is 0 Å². The van der Waals surface area contributed by atoms with Gasteiger partial charge in [-0.2, -0.15) is 0 Å². The van der Waals surface area contributed by atoms with E-state index in [2.05, 4.69) is 0 Å². The predicted octanol–water partition coefficient (Wildman–Crippen LogP) is 3.22. The van der Waals surface area contributed by atoms with Gasteiger partial charge >= 0.3 is 0 Å². The minimum atomic E-state index is -3.69. The van der Waals surface area contributed by atoms with Gasteiger partial charge in [0.1, 0.15) is 0 Å². The van der Waals surface area contributed by atoms with Crippen LogP contribution in [-0.2, 0) is 19.8 Å². The minimum Gasteiger partial charge on any atom is -0.249 e. The first-order valence-electron chi connectivity index (χ1n) is 6.87. The molecule has 1 atom stereocenters. The number of rotatable bonds is 3. The quantitative estimate of drug-likeness (QED) is 0.789. The summed E-state index contributed by atoms with van der Waals surface area (Å²) in [5.74, 6) is 0. The van der Waals surface area contributed by atoms with Crippen LogP contribution in [-0.4, -0.2) is 22.9 Å². The number of aromatic nitrogens is 1. The molecule has 2 aromatic carbocycles. The second kappa shape index (κ2) is 5.21. The number of fused-ring (bicyclic) bond motifs is 1. The van der Waals surface area contributed by atoms with Crippen LogP contribution in [0.1, 0.15) is 5.56 Å². The molecular weight excluding hydrogens is 332 g/mol. The van der Waals surface area contributed by atoms with Crippen molar-refractivity contribution in [3.63, 3.8) is 0 Å². The SMILES string of the molecule is Cc1ccc(S(=O)(=O)n2ccc3cc(S(C)(=N)=O)ccc32)cc1. The Hall–Kier alpha value is -2.12. The molecule has 1 N–H and O–H groups in total. The molecule has 23 heavy (non-hydrogen) atoms. The van der Waals surface area contributed by atoms with Crippen LogP contribution in [0.4, 0.5) is 0 Å². The normalized spacial score (nSPS) is 14.7. The van der Waals surface area contributed by atoms with E-state index in [0.29, 0.717) is 15.8 Å². The second-order valence-electron chi connectivity index (χ2n) is 5.49. The molecule has 0 aliphatic carbocycles. The lowest BCUT2D eigenvalue weighted by Crippen LogP contribution is -2.11. The third kappa shape index (κ3) is 2.77. The summed E-state index contributed by atoms with van der Waals surface area (Å²) in [6, 6.07) is 13.0. The Morgan fingerprint density at radius 1 is 0.913 bits per heavy atom. The van der Waals surface area contributed by atoms with E-state index < -0.39 is 19.8 Å². The summed E-state index contributed by atoms with van der Waals surface area (Å²) in [5.41, 5.74) is 1.48. The van der Waals surface area contributed by atoms with E-state index in [0.717, 1.165) is 5.56 Å². The monoisotopic (exact) mass is 348 g/mol. The molecule has 1 heterocycles. The zero-order valence-corrected chi connectivity index (χ0v) is 14.3. The van der Waals surface area contributed by atoms with E-state index in [1.807, 2.05) is 6.92 Å². The first-order valence-corrected chi connectivity index (χ1v) is 10.3. The second-order valence-corrected chi connectivity index (χ2v) is 9.47. The fraction of sp³-hybridized carbons (Fsp3) is 0.125. The molecule has 1 unspecified atom stereocenters. The van der Waals surface area contributed by atoms with Crippen molar-refractivity contribution >= 4 is 30.7 Å². The van der Waals surface area contributed by atoms with E-state index in [9.17, 15) is 12.6 Å². The van der Waals surface area contributed by atoms with Crippen LogP contribution in [0.25, 0.3) is 10.9 Å². The molecule has 0 spiro atoms. The highest BCUT2D eigenvalue weighted by Gasteiger charge is 2.19. The van der Waals surface area contributed by atoms with Gasteiger partial charge in [0.05, 0.1) is 20.1 Å². The number of nitrogens with one attached hydrogen (secondary N) is 1. The zero-order valence-electron chi connectivity index (χ0n) is 12.7. The van der Waals surface area contributed by atoms with Crippen molar-refractivity contribution in [2.45, 2.75) is 16.7 Å². The van der Waals surface area contributed by atoms with Gasteiger partial charge in [0.25, 0.3) is 10.0 Å². The molecule has 0 saturated carbocycles. The van der Waals surface area contributed by atoms with Gasteiger partial charge in [-0.25, -0.2) is 21.4 Å². The summed E-state index contributed by atoms with van der Waals surface area (Å²) >= 11 is 0. The standard InChI is InChI=1S/C16H16N2O3S2/c1-12-3-5-14(6-4-12)23(20,21)18-10-9-13-11-15(22(2,17)19)7-8-16(13)18/h3-11,17H,1-2H3. The van der Waals surface area contributed by atoms with Gasteiger partial charge in [-0.05, 0) is 43.3 Å². The largest absolute Gasteiger partial charge is 0.268 e.